The average Bonchev–Trinajstić information content (AvgIpc) is 2.74. The molecule has 2 aliphatic carbocycles. The van der Waals surface area contributed by atoms with Gasteiger partial charge in [0.2, 0.25) is 10.0 Å². The fourth-order valence-corrected chi connectivity index (χ4v) is 6.76. The molecule has 1 heterocycles. The summed E-state index contributed by atoms with van der Waals surface area (Å²) in [5.74, 6) is 0.658. The molecule has 5 nitrogen and oxygen atoms in total. The number of benzene rings is 1. The first-order chi connectivity index (χ1) is 13.9. The molecule has 0 bridgehead atoms. The number of sulfonamides is 1. The summed E-state index contributed by atoms with van der Waals surface area (Å²) in [7, 11) is -3.65. The minimum Gasteiger partial charge on any atom is -0.462 e. The summed E-state index contributed by atoms with van der Waals surface area (Å²) in [6.07, 6.45) is 9.31. The van der Waals surface area contributed by atoms with Crippen LogP contribution in [-0.4, -0.2) is 37.9 Å². The Hall–Kier alpha value is -1.47. The number of halogens is 1. The van der Waals surface area contributed by atoms with E-state index in [9.17, 15) is 17.6 Å². The van der Waals surface area contributed by atoms with Gasteiger partial charge in [0, 0.05) is 13.1 Å². The third kappa shape index (κ3) is 4.66. The Balaban J connectivity index is 1.29. The van der Waals surface area contributed by atoms with Crippen molar-refractivity contribution in [2.45, 2.75) is 68.8 Å². The van der Waals surface area contributed by atoms with Gasteiger partial charge in [-0.2, -0.15) is 4.31 Å². The minimum absolute atomic E-state index is 0.0304. The van der Waals surface area contributed by atoms with E-state index in [-0.39, 0.29) is 36.0 Å². The molecule has 2 saturated carbocycles. The zero-order chi connectivity index (χ0) is 20.4. The molecule has 0 spiro atoms. The number of fused-ring (bicyclic) bond motifs is 1. The molecule has 3 aliphatic rings. The van der Waals surface area contributed by atoms with Gasteiger partial charge < -0.3 is 4.74 Å². The van der Waals surface area contributed by atoms with Gasteiger partial charge in [0.15, 0.2) is 0 Å². The number of rotatable bonds is 4. The molecule has 0 aromatic heterocycles. The Morgan fingerprint density at radius 1 is 0.931 bits per heavy atom. The lowest BCUT2D eigenvalue weighted by Crippen LogP contribution is -2.41. The number of carbonyl (C=O) groups excluding carboxylic acids is 1. The van der Waals surface area contributed by atoms with Crippen LogP contribution >= 0.6 is 0 Å². The molecule has 0 amide bonds. The molecule has 0 unspecified atom stereocenters. The first-order valence-corrected chi connectivity index (χ1v) is 12.3. The summed E-state index contributed by atoms with van der Waals surface area (Å²) in [6, 6.07) is 4.87. The molecule has 4 rings (SSSR count). The Morgan fingerprint density at radius 2 is 1.59 bits per heavy atom. The number of ether oxygens (including phenoxy) is 1. The number of hydrogen-bond acceptors (Lipinski definition) is 4. The molecule has 0 N–H and O–H groups in total. The standard InChI is InChI=1S/C22H30FNO4S/c23-19-6-9-21(10-7-19)29(26,27)24-13-11-17(12-14-24)22(25)28-20-8-5-16-3-1-2-4-18(16)15-20/h6-7,9-10,16-18,20H,1-5,8,11-15H2/t16-,18-,20+/m1/s1. The van der Waals surface area contributed by atoms with Crippen LogP contribution in [0.4, 0.5) is 4.39 Å². The fourth-order valence-electron chi connectivity index (χ4n) is 5.29. The Bertz CT molecular complexity index is 818. The summed E-state index contributed by atoms with van der Waals surface area (Å²) in [5, 5.41) is 0. The maximum Gasteiger partial charge on any atom is 0.309 e. The summed E-state index contributed by atoms with van der Waals surface area (Å²) in [6.45, 7) is 0.573. The van der Waals surface area contributed by atoms with Gasteiger partial charge in [-0.1, -0.05) is 25.7 Å². The number of piperidine rings is 1. The van der Waals surface area contributed by atoms with Crippen molar-refractivity contribution in [1.29, 1.82) is 0 Å². The van der Waals surface area contributed by atoms with Crippen molar-refractivity contribution >= 4 is 16.0 Å². The van der Waals surface area contributed by atoms with Crippen LogP contribution in [0, 0.1) is 23.6 Å². The lowest BCUT2D eigenvalue weighted by Gasteiger charge is -2.39. The van der Waals surface area contributed by atoms with Crippen molar-refractivity contribution in [2.75, 3.05) is 13.1 Å². The monoisotopic (exact) mass is 423 g/mol. The van der Waals surface area contributed by atoms with Crippen LogP contribution in [-0.2, 0) is 19.6 Å². The summed E-state index contributed by atoms with van der Waals surface area (Å²) in [5.41, 5.74) is 0. The number of carbonyl (C=O) groups is 1. The minimum atomic E-state index is -3.65. The molecule has 7 heteroatoms. The molecule has 1 saturated heterocycles. The van der Waals surface area contributed by atoms with E-state index >= 15 is 0 Å². The predicted molar refractivity (Wildman–Crippen MR) is 107 cm³/mol. The smallest absolute Gasteiger partial charge is 0.309 e. The van der Waals surface area contributed by atoms with Gasteiger partial charge in [0.05, 0.1) is 10.8 Å². The highest BCUT2D eigenvalue weighted by atomic mass is 32.2. The van der Waals surface area contributed by atoms with Crippen molar-refractivity contribution in [1.82, 2.24) is 4.31 Å². The second-order valence-electron chi connectivity index (χ2n) is 8.81. The van der Waals surface area contributed by atoms with Gasteiger partial charge in [0.1, 0.15) is 11.9 Å². The lowest BCUT2D eigenvalue weighted by molar-refractivity contribution is -0.158. The van der Waals surface area contributed by atoms with E-state index in [1.54, 1.807) is 0 Å². The summed E-state index contributed by atoms with van der Waals surface area (Å²) < 4.78 is 45.7. The van der Waals surface area contributed by atoms with Crippen LogP contribution < -0.4 is 0 Å². The average molecular weight is 424 g/mol. The van der Waals surface area contributed by atoms with E-state index < -0.39 is 15.8 Å². The van der Waals surface area contributed by atoms with Crippen molar-refractivity contribution in [2.24, 2.45) is 17.8 Å². The van der Waals surface area contributed by atoms with E-state index in [1.807, 2.05) is 0 Å². The Labute approximate surface area is 172 Å². The van der Waals surface area contributed by atoms with Crippen LogP contribution in [0.25, 0.3) is 0 Å². The quantitative estimate of drug-likeness (QED) is 0.683. The largest absolute Gasteiger partial charge is 0.462 e. The molecular weight excluding hydrogens is 393 g/mol. The topological polar surface area (TPSA) is 63.7 Å². The Kier molecular flexibility index (Phi) is 6.25. The third-order valence-electron chi connectivity index (χ3n) is 7.01. The lowest BCUT2D eigenvalue weighted by atomic mass is 9.70. The van der Waals surface area contributed by atoms with Crippen molar-refractivity contribution in [3.05, 3.63) is 30.1 Å². The molecule has 0 radical (unpaired) electrons. The van der Waals surface area contributed by atoms with Gasteiger partial charge in [-0.15, -0.1) is 0 Å². The molecule has 1 aromatic rings. The molecule has 1 aliphatic heterocycles. The number of hydrogen-bond donors (Lipinski definition) is 0. The van der Waals surface area contributed by atoms with Crippen LogP contribution in [0.5, 0.6) is 0 Å². The maximum absolute atomic E-state index is 13.1. The highest BCUT2D eigenvalue weighted by Gasteiger charge is 2.37. The molecular formula is C22H30FNO4S. The summed E-state index contributed by atoms with van der Waals surface area (Å²) >= 11 is 0. The molecule has 3 fully saturated rings. The van der Waals surface area contributed by atoms with Gasteiger partial charge in [0.25, 0.3) is 0 Å². The normalized spacial score (nSPS) is 29.2. The summed E-state index contributed by atoms with van der Waals surface area (Å²) in [4.78, 5) is 12.7. The van der Waals surface area contributed by atoms with Crippen LogP contribution in [0.1, 0.15) is 57.8 Å². The van der Waals surface area contributed by atoms with Crippen molar-refractivity contribution in [3.63, 3.8) is 0 Å². The second kappa shape index (κ2) is 8.72. The van der Waals surface area contributed by atoms with E-state index in [1.165, 1.54) is 42.1 Å². The van der Waals surface area contributed by atoms with E-state index in [0.717, 1.165) is 37.3 Å². The van der Waals surface area contributed by atoms with E-state index in [2.05, 4.69) is 0 Å². The molecule has 29 heavy (non-hydrogen) atoms. The van der Waals surface area contributed by atoms with Gasteiger partial charge in [-0.25, -0.2) is 12.8 Å². The molecule has 160 valence electrons. The van der Waals surface area contributed by atoms with Gasteiger partial charge in [-0.05, 0) is 68.2 Å². The van der Waals surface area contributed by atoms with Crippen LogP contribution in [0.3, 0.4) is 0 Å². The zero-order valence-electron chi connectivity index (χ0n) is 16.8. The van der Waals surface area contributed by atoms with E-state index in [0.29, 0.717) is 18.8 Å². The molecule has 3 atom stereocenters. The fraction of sp³-hybridized carbons (Fsp3) is 0.682. The third-order valence-corrected chi connectivity index (χ3v) is 8.93. The first kappa shape index (κ1) is 20.8. The predicted octanol–water partition coefficient (Wildman–Crippen LogP) is 4.13. The zero-order valence-corrected chi connectivity index (χ0v) is 17.6. The van der Waals surface area contributed by atoms with Crippen molar-refractivity contribution < 1.29 is 22.3 Å². The first-order valence-electron chi connectivity index (χ1n) is 10.9. The van der Waals surface area contributed by atoms with Crippen molar-refractivity contribution in [3.8, 4) is 0 Å². The van der Waals surface area contributed by atoms with Crippen LogP contribution in [0.2, 0.25) is 0 Å². The van der Waals surface area contributed by atoms with Gasteiger partial charge in [-0.3, -0.25) is 4.79 Å². The number of nitrogens with zero attached hydrogens (tertiary/aromatic N) is 1. The molecule has 1 aromatic carbocycles. The van der Waals surface area contributed by atoms with E-state index in [4.69, 9.17) is 4.74 Å². The highest BCUT2D eigenvalue weighted by molar-refractivity contribution is 7.89. The number of esters is 1. The SMILES string of the molecule is O=C(O[C@H]1CC[C@H]2CCCC[C@@H]2C1)C1CCN(S(=O)(=O)c2ccc(F)cc2)CC1. The van der Waals surface area contributed by atoms with Gasteiger partial charge >= 0.3 is 5.97 Å². The van der Waals surface area contributed by atoms with Crippen LogP contribution in [0.15, 0.2) is 29.2 Å². The highest BCUT2D eigenvalue weighted by Crippen LogP contribution is 2.41. The second-order valence-corrected chi connectivity index (χ2v) is 10.7. The maximum atomic E-state index is 13.1. The Morgan fingerprint density at radius 3 is 2.28 bits per heavy atom.